The van der Waals surface area contributed by atoms with Gasteiger partial charge in [0.25, 0.3) is 0 Å². The smallest absolute Gasteiger partial charge is 0.125 e. The number of halogens is 1. The van der Waals surface area contributed by atoms with Gasteiger partial charge in [-0.05, 0) is 44.9 Å². The molecule has 4 heteroatoms. The van der Waals surface area contributed by atoms with Crippen molar-refractivity contribution >= 4 is 0 Å². The molecule has 1 aliphatic heterocycles. The molecular formula is C14H19FO3. The first-order valence-electron chi connectivity index (χ1n) is 6.32. The highest BCUT2D eigenvalue weighted by Crippen LogP contribution is 2.27. The van der Waals surface area contributed by atoms with Crippen molar-refractivity contribution in [2.45, 2.75) is 45.0 Å². The van der Waals surface area contributed by atoms with Crippen LogP contribution in [0.4, 0.5) is 4.39 Å². The van der Waals surface area contributed by atoms with Gasteiger partial charge in [0.15, 0.2) is 0 Å². The van der Waals surface area contributed by atoms with Crippen molar-refractivity contribution in [1.82, 2.24) is 0 Å². The molecule has 1 saturated heterocycles. The van der Waals surface area contributed by atoms with Crippen LogP contribution in [-0.2, 0) is 4.74 Å². The van der Waals surface area contributed by atoms with E-state index >= 15 is 0 Å². The molecule has 0 amide bonds. The highest BCUT2D eigenvalue weighted by Gasteiger charge is 2.22. The third-order valence-electron chi connectivity index (χ3n) is 3.17. The number of hydrogen-bond acceptors (Lipinski definition) is 3. The lowest BCUT2D eigenvalue weighted by Gasteiger charge is -2.16. The van der Waals surface area contributed by atoms with Crippen LogP contribution in [0.25, 0.3) is 0 Å². The minimum absolute atomic E-state index is 0.0897. The molecular weight excluding hydrogens is 235 g/mol. The van der Waals surface area contributed by atoms with Crippen LogP contribution in [0, 0.1) is 5.82 Å². The van der Waals surface area contributed by atoms with Gasteiger partial charge >= 0.3 is 0 Å². The van der Waals surface area contributed by atoms with Gasteiger partial charge < -0.3 is 14.6 Å². The highest BCUT2D eigenvalue weighted by molar-refractivity contribution is 5.35. The lowest BCUT2D eigenvalue weighted by molar-refractivity contribution is 0.0256. The van der Waals surface area contributed by atoms with Gasteiger partial charge in [-0.3, -0.25) is 0 Å². The fourth-order valence-electron chi connectivity index (χ4n) is 2.17. The zero-order valence-electron chi connectivity index (χ0n) is 10.7. The van der Waals surface area contributed by atoms with Crippen molar-refractivity contribution in [3.05, 3.63) is 29.6 Å². The molecule has 3 atom stereocenters. The first-order chi connectivity index (χ1) is 8.56. The molecule has 18 heavy (non-hydrogen) atoms. The van der Waals surface area contributed by atoms with Crippen LogP contribution in [0.1, 0.15) is 38.4 Å². The van der Waals surface area contributed by atoms with E-state index in [4.69, 9.17) is 9.47 Å². The van der Waals surface area contributed by atoms with Crippen molar-refractivity contribution in [2.24, 2.45) is 0 Å². The molecule has 1 N–H and O–H groups in total. The molecule has 2 rings (SSSR count). The standard InChI is InChI=1S/C14H19FO3/c1-9-3-5-12(18-9)8-17-14-6-4-11(15)7-13(14)10(2)16/h4,6-7,9-10,12,16H,3,5,8H2,1-2H3/t9?,10-,12?/m1/s1. The Morgan fingerprint density at radius 2 is 2.28 bits per heavy atom. The summed E-state index contributed by atoms with van der Waals surface area (Å²) in [5.41, 5.74) is 0.473. The number of aliphatic hydroxyl groups excluding tert-OH is 1. The molecule has 0 aromatic heterocycles. The predicted octanol–water partition coefficient (Wildman–Crippen LogP) is 2.83. The van der Waals surface area contributed by atoms with E-state index in [2.05, 4.69) is 0 Å². The van der Waals surface area contributed by atoms with Crippen LogP contribution in [0.2, 0.25) is 0 Å². The number of rotatable bonds is 4. The second-order valence-corrected chi connectivity index (χ2v) is 4.82. The topological polar surface area (TPSA) is 38.7 Å². The summed E-state index contributed by atoms with van der Waals surface area (Å²) in [7, 11) is 0. The average Bonchev–Trinajstić information content (AvgIpc) is 2.73. The Hall–Kier alpha value is -1.13. The van der Waals surface area contributed by atoms with E-state index in [0.717, 1.165) is 12.8 Å². The zero-order chi connectivity index (χ0) is 13.1. The van der Waals surface area contributed by atoms with E-state index in [9.17, 15) is 9.50 Å². The molecule has 2 unspecified atom stereocenters. The van der Waals surface area contributed by atoms with Crippen LogP contribution in [-0.4, -0.2) is 23.9 Å². The zero-order valence-corrected chi connectivity index (χ0v) is 10.7. The lowest BCUT2D eigenvalue weighted by Crippen LogP contribution is -2.18. The van der Waals surface area contributed by atoms with Gasteiger partial charge in [-0.1, -0.05) is 0 Å². The Kier molecular flexibility index (Phi) is 4.19. The van der Waals surface area contributed by atoms with Crippen molar-refractivity contribution < 1.29 is 19.0 Å². The average molecular weight is 254 g/mol. The van der Waals surface area contributed by atoms with Crippen molar-refractivity contribution in [3.63, 3.8) is 0 Å². The number of aliphatic hydroxyl groups is 1. The van der Waals surface area contributed by atoms with Crippen LogP contribution >= 0.6 is 0 Å². The minimum atomic E-state index is -0.751. The summed E-state index contributed by atoms with van der Waals surface area (Å²) in [6.07, 6.45) is 1.64. The van der Waals surface area contributed by atoms with Gasteiger partial charge in [-0.2, -0.15) is 0 Å². The monoisotopic (exact) mass is 254 g/mol. The molecule has 1 heterocycles. The Balaban J connectivity index is 2.00. The summed E-state index contributed by atoms with van der Waals surface area (Å²) in [6, 6.07) is 4.19. The second kappa shape index (κ2) is 5.67. The summed E-state index contributed by atoms with van der Waals surface area (Å²) in [5.74, 6) is 0.151. The van der Waals surface area contributed by atoms with E-state index < -0.39 is 6.10 Å². The first-order valence-corrected chi connectivity index (χ1v) is 6.32. The fourth-order valence-corrected chi connectivity index (χ4v) is 2.17. The van der Waals surface area contributed by atoms with Crippen LogP contribution in [0.5, 0.6) is 5.75 Å². The predicted molar refractivity (Wildman–Crippen MR) is 66.1 cm³/mol. The summed E-state index contributed by atoms with van der Waals surface area (Å²) in [4.78, 5) is 0. The number of hydrogen-bond donors (Lipinski definition) is 1. The van der Waals surface area contributed by atoms with Gasteiger partial charge in [-0.15, -0.1) is 0 Å². The Morgan fingerprint density at radius 1 is 1.50 bits per heavy atom. The molecule has 1 aliphatic rings. The Bertz CT molecular complexity index is 406. The SMILES string of the molecule is CC1CCC(COc2ccc(F)cc2[C@@H](C)O)O1. The summed E-state index contributed by atoms with van der Waals surface area (Å²) < 4.78 is 24.4. The highest BCUT2D eigenvalue weighted by atomic mass is 19.1. The molecule has 1 fully saturated rings. The quantitative estimate of drug-likeness (QED) is 0.898. The molecule has 3 nitrogen and oxygen atoms in total. The van der Waals surface area contributed by atoms with Crippen LogP contribution < -0.4 is 4.74 Å². The molecule has 0 radical (unpaired) electrons. The first kappa shape index (κ1) is 13.3. The van der Waals surface area contributed by atoms with Crippen molar-refractivity contribution in [3.8, 4) is 5.75 Å². The largest absolute Gasteiger partial charge is 0.490 e. The Labute approximate surface area is 107 Å². The van der Waals surface area contributed by atoms with Gasteiger partial charge in [0.2, 0.25) is 0 Å². The normalized spacial score (nSPS) is 25.1. The number of benzene rings is 1. The molecule has 1 aromatic rings. The summed E-state index contributed by atoms with van der Waals surface area (Å²) in [5, 5.41) is 9.59. The summed E-state index contributed by atoms with van der Waals surface area (Å²) in [6.45, 7) is 4.07. The van der Waals surface area contributed by atoms with Gasteiger partial charge in [-0.25, -0.2) is 4.39 Å². The third-order valence-corrected chi connectivity index (χ3v) is 3.17. The molecule has 100 valence electrons. The van der Waals surface area contributed by atoms with Crippen molar-refractivity contribution in [1.29, 1.82) is 0 Å². The maximum absolute atomic E-state index is 13.1. The molecule has 0 spiro atoms. The summed E-state index contributed by atoms with van der Waals surface area (Å²) >= 11 is 0. The van der Waals surface area contributed by atoms with E-state index in [1.54, 1.807) is 13.0 Å². The maximum Gasteiger partial charge on any atom is 0.125 e. The maximum atomic E-state index is 13.1. The lowest BCUT2D eigenvalue weighted by atomic mass is 10.1. The van der Waals surface area contributed by atoms with Gasteiger partial charge in [0, 0.05) is 5.56 Å². The minimum Gasteiger partial charge on any atom is -0.490 e. The second-order valence-electron chi connectivity index (χ2n) is 4.82. The molecule has 0 bridgehead atoms. The van der Waals surface area contributed by atoms with Crippen LogP contribution in [0.15, 0.2) is 18.2 Å². The van der Waals surface area contributed by atoms with Crippen LogP contribution in [0.3, 0.4) is 0 Å². The number of ether oxygens (including phenoxy) is 2. The Morgan fingerprint density at radius 3 is 2.89 bits per heavy atom. The van der Waals surface area contributed by atoms with Crippen molar-refractivity contribution in [2.75, 3.05) is 6.61 Å². The molecule has 1 aromatic carbocycles. The third kappa shape index (κ3) is 3.21. The molecule has 0 saturated carbocycles. The molecule has 0 aliphatic carbocycles. The van der Waals surface area contributed by atoms with E-state index in [1.807, 2.05) is 6.92 Å². The van der Waals surface area contributed by atoms with E-state index in [-0.39, 0.29) is 18.0 Å². The van der Waals surface area contributed by atoms with E-state index in [0.29, 0.717) is 17.9 Å². The van der Waals surface area contributed by atoms with Gasteiger partial charge in [0.05, 0.1) is 18.3 Å². The van der Waals surface area contributed by atoms with E-state index in [1.165, 1.54) is 12.1 Å². The van der Waals surface area contributed by atoms with Gasteiger partial charge in [0.1, 0.15) is 18.2 Å². The fraction of sp³-hybridized carbons (Fsp3) is 0.571.